The first-order valence-electron chi connectivity index (χ1n) is 7.83. The van der Waals surface area contributed by atoms with Crippen LogP contribution in [0.25, 0.3) is 5.65 Å². The molecule has 1 unspecified atom stereocenters. The largest absolute Gasteiger partial charge is 0.307 e. The van der Waals surface area contributed by atoms with Crippen molar-refractivity contribution in [1.29, 1.82) is 0 Å². The Labute approximate surface area is 121 Å². The second-order valence-electron chi connectivity index (χ2n) is 6.39. The molecule has 20 heavy (non-hydrogen) atoms. The zero-order valence-corrected chi connectivity index (χ0v) is 12.8. The number of aromatic nitrogens is 2. The molecule has 1 aliphatic heterocycles. The monoisotopic (exact) mass is 271 g/mol. The lowest BCUT2D eigenvalue weighted by Crippen LogP contribution is -2.45. The highest BCUT2D eigenvalue weighted by molar-refractivity contribution is 5.42. The minimum absolute atomic E-state index is 0.638. The van der Waals surface area contributed by atoms with Crippen LogP contribution in [0.3, 0.4) is 0 Å². The van der Waals surface area contributed by atoms with Crippen LogP contribution in [0.4, 0.5) is 0 Å². The molecule has 0 saturated carbocycles. The van der Waals surface area contributed by atoms with Gasteiger partial charge in [-0.3, -0.25) is 4.90 Å². The van der Waals surface area contributed by atoms with Gasteiger partial charge in [0.2, 0.25) is 0 Å². The summed E-state index contributed by atoms with van der Waals surface area (Å²) < 4.78 is 2.14. The zero-order chi connectivity index (χ0) is 14.1. The van der Waals surface area contributed by atoms with Crippen LogP contribution in [0.1, 0.15) is 44.4 Å². The van der Waals surface area contributed by atoms with E-state index in [9.17, 15) is 0 Å². The Balaban J connectivity index is 1.80. The van der Waals surface area contributed by atoms with Crippen LogP contribution >= 0.6 is 0 Å². The molecule has 1 fully saturated rings. The lowest BCUT2D eigenvalue weighted by atomic mass is 9.97. The molecule has 2 aromatic heterocycles. The first-order chi connectivity index (χ1) is 9.63. The molecule has 0 N–H and O–H groups in total. The van der Waals surface area contributed by atoms with E-state index in [0.29, 0.717) is 12.1 Å². The molecule has 0 aromatic carbocycles. The fourth-order valence-corrected chi connectivity index (χ4v) is 3.40. The van der Waals surface area contributed by atoms with Gasteiger partial charge in [-0.2, -0.15) is 0 Å². The van der Waals surface area contributed by atoms with Gasteiger partial charge in [0, 0.05) is 30.9 Å². The Morgan fingerprint density at radius 1 is 1.35 bits per heavy atom. The van der Waals surface area contributed by atoms with Crippen LogP contribution < -0.4 is 0 Å². The van der Waals surface area contributed by atoms with E-state index in [4.69, 9.17) is 4.98 Å². The van der Waals surface area contributed by atoms with Crippen molar-refractivity contribution in [1.82, 2.24) is 14.3 Å². The van der Waals surface area contributed by atoms with Crippen LogP contribution in [-0.4, -0.2) is 32.9 Å². The summed E-state index contributed by atoms with van der Waals surface area (Å²) in [5.74, 6) is 0. The molecule has 3 nitrogen and oxygen atoms in total. The van der Waals surface area contributed by atoms with E-state index >= 15 is 0 Å². The van der Waals surface area contributed by atoms with Crippen molar-refractivity contribution in [2.75, 3.05) is 6.54 Å². The van der Waals surface area contributed by atoms with E-state index in [1.807, 2.05) is 0 Å². The van der Waals surface area contributed by atoms with Crippen molar-refractivity contribution >= 4 is 5.65 Å². The molecule has 108 valence electrons. The van der Waals surface area contributed by atoms with Crippen molar-refractivity contribution in [2.45, 2.75) is 58.5 Å². The van der Waals surface area contributed by atoms with Gasteiger partial charge in [0.25, 0.3) is 0 Å². The number of hydrogen-bond donors (Lipinski definition) is 0. The molecule has 2 aromatic rings. The molecule has 3 rings (SSSR count). The van der Waals surface area contributed by atoms with Gasteiger partial charge in [0.15, 0.2) is 0 Å². The van der Waals surface area contributed by atoms with E-state index in [2.05, 4.69) is 54.6 Å². The minimum Gasteiger partial charge on any atom is -0.307 e. The Bertz CT molecular complexity index is 585. The minimum atomic E-state index is 0.638. The zero-order valence-electron chi connectivity index (χ0n) is 12.8. The Morgan fingerprint density at radius 3 is 3.00 bits per heavy atom. The average Bonchev–Trinajstić information content (AvgIpc) is 2.80. The Hall–Kier alpha value is -1.35. The molecular formula is C17H25N3. The highest BCUT2D eigenvalue weighted by atomic mass is 15.2. The van der Waals surface area contributed by atoms with Crippen molar-refractivity contribution in [3.63, 3.8) is 0 Å². The SMILES string of the molecule is Cc1ccn2cc(CC3CCCCN3C(C)C)nc2c1. The molecule has 1 atom stereocenters. The summed E-state index contributed by atoms with van der Waals surface area (Å²) in [6.07, 6.45) is 9.41. The van der Waals surface area contributed by atoms with Crippen molar-refractivity contribution in [3.8, 4) is 0 Å². The summed E-state index contributed by atoms with van der Waals surface area (Å²) >= 11 is 0. The van der Waals surface area contributed by atoms with Gasteiger partial charge in [-0.25, -0.2) is 4.98 Å². The molecule has 3 heteroatoms. The number of pyridine rings is 1. The van der Waals surface area contributed by atoms with Crippen LogP contribution in [0.5, 0.6) is 0 Å². The van der Waals surface area contributed by atoms with E-state index in [-0.39, 0.29) is 0 Å². The Kier molecular flexibility index (Phi) is 3.79. The number of imidazole rings is 1. The lowest BCUT2D eigenvalue weighted by Gasteiger charge is -2.38. The third kappa shape index (κ3) is 2.73. The average molecular weight is 271 g/mol. The van der Waals surface area contributed by atoms with Crippen molar-refractivity contribution in [3.05, 3.63) is 35.8 Å². The molecule has 0 bridgehead atoms. The van der Waals surface area contributed by atoms with Crippen LogP contribution in [0.15, 0.2) is 24.5 Å². The van der Waals surface area contributed by atoms with E-state index in [1.165, 1.54) is 37.1 Å². The highest BCUT2D eigenvalue weighted by Crippen LogP contribution is 2.22. The van der Waals surface area contributed by atoms with E-state index in [1.54, 1.807) is 0 Å². The molecular weight excluding hydrogens is 246 g/mol. The summed E-state index contributed by atoms with van der Waals surface area (Å²) in [5.41, 5.74) is 3.58. The Morgan fingerprint density at radius 2 is 2.20 bits per heavy atom. The van der Waals surface area contributed by atoms with Gasteiger partial charge in [-0.05, 0) is 57.9 Å². The molecule has 3 heterocycles. The number of aryl methyl sites for hydroxylation is 1. The maximum atomic E-state index is 4.80. The van der Waals surface area contributed by atoms with Gasteiger partial charge in [-0.1, -0.05) is 6.42 Å². The lowest BCUT2D eigenvalue weighted by molar-refractivity contribution is 0.111. The first-order valence-corrected chi connectivity index (χ1v) is 7.83. The molecule has 0 aliphatic carbocycles. The maximum absolute atomic E-state index is 4.80. The number of rotatable bonds is 3. The third-order valence-electron chi connectivity index (χ3n) is 4.45. The fourth-order valence-electron chi connectivity index (χ4n) is 3.40. The molecule has 0 amide bonds. The fraction of sp³-hybridized carbons (Fsp3) is 0.588. The second kappa shape index (κ2) is 5.57. The summed E-state index contributed by atoms with van der Waals surface area (Å²) in [4.78, 5) is 7.45. The summed E-state index contributed by atoms with van der Waals surface area (Å²) in [7, 11) is 0. The van der Waals surface area contributed by atoms with E-state index in [0.717, 1.165) is 12.1 Å². The number of likely N-dealkylation sites (tertiary alicyclic amines) is 1. The number of nitrogens with zero attached hydrogens (tertiary/aromatic N) is 3. The quantitative estimate of drug-likeness (QED) is 0.852. The van der Waals surface area contributed by atoms with Crippen LogP contribution in [0, 0.1) is 6.92 Å². The van der Waals surface area contributed by atoms with Gasteiger partial charge < -0.3 is 4.40 Å². The van der Waals surface area contributed by atoms with E-state index < -0.39 is 0 Å². The standard InChI is InChI=1S/C17H25N3/c1-13(2)20-8-5-4-6-16(20)11-15-12-19-9-7-14(3)10-17(19)18-15/h7,9-10,12-13,16H,4-6,8,11H2,1-3H3. The number of fused-ring (bicyclic) bond motifs is 1. The normalized spacial score (nSPS) is 20.9. The van der Waals surface area contributed by atoms with Gasteiger partial charge >= 0.3 is 0 Å². The second-order valence-corrected chi connectivity index (χ2v) is 6.39. The summed E-state index contributed by atoms with van der Waals surface area (Å²) in [6, 6.07) is 5.60. The number of piperidine rings is 1. The van der Waals surface area contributed by atoms with Crippen LogP contribution in [-0.2, 0) is 6.42 Å². The van der Waals surface area contributed by atoms with Gasteiger partial charge in [0.1, 0.15) is 5.65 Å². The van der Waals surface area contributed by atoms with Gasteiger partial charge in [0.05, 0.1) is 5.69 Å². The topological polar surface area (TPSA) is 20.5 Å². The predicted octanol–water partition coefficient (Wildman–Crippen LogP) is 3.45. The summed E-state index contributed by atoms with van der Waals surface area (Å²) in [6.45, 7) is 7.99. The smallest absolute Gasteiger partial charge is 0.137 e. The molecule has 0 radical (unpaired) electrons. The first kappa shape index (κ1) is 13.6. The number of hydrogen-bond acceptors (Lipinski definition) is 2. The molecule has 0 spiro atoms. The van der Waals surface area contributed by atoms with Crippen LogP contribution in [0.2, 0.25) is 0 Å². The predicted molar refractivity (Wildman–Crippen MR) is 83.1 cm³/mol. The molecule has 1 aliphatic rings. The third-order valence-corrected chi connectivity index (χ3v) is 4.45. The van der Waals surface area contributed by atoms with Gasteiger partial charge in [-0.15, -0.1) is 0 Å². The van der Waals surface area contributed by atoms with Crippen molar-refractivity contribution < 1.29 is 0 Å². The maximum Gasteiger partial charge on any atom is 0.137 e. The highest BCUT2D eigenvalue weighted by Gasteiger charge is 2.25. The molecule has 1 saturated heterocycles. The van der Waals surface area contributed by atoms with Crippen molar-refractivity contribution in [2.24, 2.45) is 0 Å². The summed E-state index contributed by atoms with van der Waals surface area (Å²) in [5, 5.41) is 0.